The lowest BCUT2D eigenvalue weighted by atomic mass is 10.1. The Morgan fingerprint density at radius 3 is 2.39 bits per heavy atom. The van der Waals surface area contributed by atoms with Gasteiger partial charge in [0.25, 0.3) is 5.91 Å². The molecule has 0 aliphatic carbocycles. The summed E-state index contributed by atoms with van der Waals surface area (Å²) >= 11 is 0. The molecule has 10 heteroatoms. The second-order valence-corrected chi connectivity index (χ2v) is 7.62. The number of nitrogens with zero attached hydrogens (tertiary/aromatic N) is 1. The number of hydrogen-bond donors (Lipinski definition) is 1. The van der Waals surface area contributed by atoms with Gasteiger partial charge in [-0.3, -0.25) is 24.1 Å². The van der Waals surface area contributed by atoms with Crippen LogP contribution in [0.15, 0.2) is 42.5 Å². The Morgan fingerprint density at radius 2 is 1.76 bits per heavy atom. The standard InChI is InChI=1S/C23H21F3N2O5/c1-13-3-5-15(6-4-13)19(29)9-10-21(31)33-14(2)22(32)28-12-20(30)27-17-11-16(23(24,25)26)7-8-18(17)28/h3-8,11,14H,9-10,12H2,1-2H3,(H,27,30). The molecule has 0 radical (unpaired) electrons. The average Bonchev–Trinajstić information content (AvgIpc) is 2.75. The Bertz CT molecular complexity index is 1100. The molecule has 2 aromatic rings. The van der Waals surface area contributed by atoms with Crippen molar-refractivity contribution < 1.29 is 37.1 Å². The normalized spacial score (nSPS) is 14.2. The summed E-state index contributed by atoms with van der Waals surface area (Å²) < 4.78 is 44.0. The van der Waals surface area contributed by atoms with Gasteiger partial charge in [-0.25, -0.2) is 0 Å². The Hall–Kier alpha value is -3.69. The topological polar surface area (TPSA) is 92.8 Å². The minimum atomic E-state index is -4.62. The maximum absolute atomic E-state index is 13.0. The Kier molecular flexibility index (Phi) is 6.85. The van der Waals surface area contributed by atoms with Gasteiger partial charge >= 0.3 is 12.1 Å². The van der Waals surface area contributed by atoms with Crippen LogP contribution in [0.1, 0.15) is 41.3 Å². The van der Waals surface area contributed by atoms with Crippen molar-refractivity contribution in [1.29, 1.82) is 0 Å². The van der Waals surface area contributed by atoms with E-state index in [0.717, 1.165) is 28.7 Å². The van der Waals surface area contributed by atoms with Crippen molar-refractivity contribution in [3.05, 3.63) is 59.2 Å². The molecule has 2 amide bonds. The lowest BCUT2D eigenvalue weighted by Gasteiger charge is -2.31. The highest BCUT2D eigenvalue weighted by atomic mass is 19.4. The van der Waals surface area contributed by atoms with E-state index in [1.807, 2.05) is 6.92 Å². The average molecular weight is 462 g/mol. The van der Waals surface area contributed by atoms with Crippen molar-refractivity contribution in [2.45, 2.75) is 39.0 Å². The van der Waals surface area contributed by atoms with Crippen LogP contribution in [0.25, 0.3) is 0 Å². The Labute approximate surface area is 187 Å². The van der Waals surface area contributed by atoms with Crippen molar-refractivity contribution in [3.8, 4) is 0 Å². The third kappa shape index (κ3) is 5.76. The molecule has 0 saturated heterocycles. The molecule has 3 rings (SSSR count). The molecule has 1 aliphatic heterocycles. The van der Waals surface area contributed by atoms with Crippen LogP contribution in [0.5, 0.6) is 0 Å². The summed E-state index contributed by atoms with van der Waals surface area (Å²) in [6, 6.07) is 9.46. The molecule has 1 atom stereocenters. The molecule has 1 N–H and O–H groups in total. The molecular formula is C23H21F3N2O5. The number of ether oxygens (including phenoxy) is 1. The van der Waals surface area contributed by atoms with Crippen molar-refractivity contribution >= 4 is 34.9 Å². The zero-order chi connectivity index (χ0) is 24.3. The first-order valence-electron chi connectivity index (χ1n) is 10.1. The van der Waals surface area contributed by atoms with Gasteiger partial charge in [-0.2, -0.15) is 13.2 Å². The highest BCUT2D eigenvalue weighted by Gasteiger charge is 2.35. The molecule has 0 bridgehead atoms. The van der Waals surface area contributed by atoms with E-state index in [2.05, 4.69) is 5.32 Å². The van der Waals surface area contributed by atoms with Crippen LogP contribution >= 0.6 is 0 Å². The number of amides is 2. The maximum atomic E-state index is 13.0. The number of hydrogen-bond acceptors (Lipinski definition) is 5. The number of halogens is 3. The van der Waals surface area contributed by atoms with Gasteiger partial charge in [0, 0.05) is 12.0 Å². The van der Waals surface area contributed by atoms with Gasteiger partial charge in [-0.1, -0.05) is 29.8 Å². The minimum Gasteiger partial charge on any atom is -0.453 e. The molecular weight excluding hydrogens is 441 g/mol. The Balaban J connectivity index is 1.63. The molecule has 174 valence electrons. The SMILES string of the molecule is Cc1ccc(C(=O)CCC(=O)OC(C)C(=O)N2CC(=O)Nc3cc(C(F)(F)F)ccc32)cc1. The van der Waals surface area contributed by atoms with E-state index in [-0.39, 0.29) is 30.0 Å². The maximum Gasteiger partial charge on any atom is 0.416 e. The third-order valence-electron chi connectivity index (χ3n) is 5.04. The van der Waals surface area contributed by atoms with E-state index in [0.29, 0.717) is 5.56 Å². The van der Waals surface area contributed by atoms with E-state index in [1.165, 1.54) is 6.92 Å². The van der Waals surface area contributed by atoms with Crippen molar-refractivity contribution in [2.75, 3.05) is 16.8 Å². The van der Waals surface area contributed by atoms with Gasteiger partial charge in [-0.05, 0) is 32.0 Å². The van der Waals surface area contributed by atoms with Crippen molar-refractivity contribution in [1.82, 2.24) is 0 Å². The fourth-order valence-corrected chi connectivity index (χ4v) is 3.29. The van der Waals surface area contributed by atoms with Crippen LogP contribution in [-0.4, -0.2) is 36.2 Å². The molecule has 0 aromatic heterocycles. The lowest BCUT2D eigenvalue weighted by Crippen LogP contribution is -2.47. The number of rotatable bonds is 6. The number of nitrogens with one attached hydrogen (secondary N) is 1. The fourth-order valence-electron chi connectivity index (χ4n) is 3.29. The predicted octanol–water partition coefficient (Wildman–Crippen LogP) is 3.89. The lowest BCUT2D eigenvalue weighted by molar-refractivity contribution is -0.153. The zero-order valence-corrected chi connectivity index (χ0v) is 17.9. The summed E-state index contributed by atoms with van der Waals surface area (Å²) in [7, 11) is 0. The molecule has 7 nitrogen and oxygen atoms in total. The quantitative estimate of drug-likeness (QED) is 0.519. The van der Waals surface area contributed by atoms with Gasteiger partial charge in [0.05, 0.1) is 23.4 Å². The number of carbonyl (C=O) groups excluding carboxylic acids is 4. The van der Waals surface area contributed by atoms with Crippen molar-refractivity contribution in [2.24, 2.45) is 0 Å². The smallest absolute Gasteiger partial charge is 0.416 e. The number of fused-ring (bicyclic) bond motifs is 1. The van der Waals surface area contributed by atoms with Gasteiger partial charge in [0.1, 0.15) is 6.54 Å². The molecule has 2 aromatic carbocycles. The van der Waals surface area contributed by atoms with Crippen LogP contribution < -0.4 is 10.2 Å². The summed E-state index contributed by atoms with van der Waals surface area (Å²) in [5, 5.41) is 2.31. The monoisotopic (exact) mass is 462 g/mol. The molecule has 0 fully saturated rings. The minimum absolute atomic E-state index is 0.0602. The largest absolute Gasteiger partial charge is 0.453 e. The number of alkyl halides is 3. The van der Waals surface area contributed by atoms with E-state index in [9.17, 15) is 32.3 Å². The van der Waals surface area contributed by atoms with Gasteiger partial charge < -0.3 is 10.1 Å². The summed E-state index contributed by atoms with van der Waals surface area (Å²) in [6.45, 7) is 2.73. The van der Waals surface area contributed by atoms with E-state index in [1.54, 1.807) is 24.3 Å². The number of esters is 1. The fraction of sp³-hybridized carbons (Fsp3) is 0.304. The second kappa shape index (κ2) is 9.43. The summed E-state index contributed by atoms with van der Waals surface area (Å²) in [6.07, 6.45) is -6.30. The van der Waals surface area contributed by atoms with Crippen LogP contribution in [0.4, 0.5) is 24.5 Å². The van der Waals surface area contributed by atoms with E-state index >= 15 is 0 Å². The number of carbonyl (C=O) groups is 4. The molecule has 1 aliphatic rings. The zero-order valence-electron chi connectivity index (χ0n) is 17.9. The molecule has 0 spiro atoms. The number of aryl methyl sites for hydroxylation is 1. The third-order valence-corrected chi connectivity index (χ3v) is 5.04. The number of benzene rings is 2. The number of ketones is 1. The van der Waals surface area contributed by atoms with Gasteiger partial charge in [0.15, 0.2) is 11.9 Å². The molecule has 33 heavy (non-hydrogen) atoms. The highest BCUT2D eigenvalue weighted by molar-refractivity contribution is 6.11. The van der Waals surface area contributed by atoms with Gasteiger partial charge in [-0.15, -0.1) is 0 Å². The first-order chi connectivity index (χ1) is 15.5. The number of Topliss-reactive ketones (excluding diaryl/α,β-unsaturated/α-hetero) is 1. The van der Waals surface area contributed by atoms with Crippen molar-refractivity contribution in [3.63, 3.8) is 0 Å². The molecule has 1 unspecified atom stereocenters. The number of anilines is 2. The highest BCUT2D eigenvalue weighted by Crippen LogP contribution is 2.37. The second-order valence-electron chi connectivity index (χ2n) is 7.62. The van der Waals surface area contributed by atoms with Crippen LogP contribution in [-0.2, 0) is 25.3 Å². The first kappa shape index (κ1) is 24.0. The van der Waals surface area contributed by atoms with Crippen LogP contribution in [0, 0.1) is 6.92 Å². The summed E-state index contributed by atoms with van der Waals surface area (Å²) in [4.78, 5) is 50.0. The Morgan fingerprint density at radius 1 is 1.09 bits per heavy atom. The van der Waals surface area contributed by atoms with Gasteiger partial charge in [0.2, 0.25) is 5.91 Å². The van der Waals surface area contributed by atoms with E-state index in [4.69, 9.17) is 4.74 Å². The summed E-state index contributed by atoms with van der Waals surface area (Å²) in [5.41, 5.74) is 0.350. The summed E-state index contributed by atoms with van der Waals surface area (Å²) in [5.74, 6) is -2.50. The first-order valence-corrected chi connectivity index (χ1v) is 10.1. The van der Waals surface area contributed by atoms with E-state index < -0.39 is 42.2 Å². The van der Waals surface area contributed by atoms with Crippen LogP contribution in [0.3, 0.4) is 0 Å². The predicted molar refractivity (Wildman–Crippen MR) is 113 cm³/mol. The molecule has 1 heterocycles. The molecule has 0 saturated carbocycles. The van der Waals surface area contributed by atoms with Crippen LogP contribution in [0.2, 0.25) is 0 Å².